The van der Waals surface area contributed by atoms with Crippen LogP contribution >= 0.6 is 0 Å². The van der Waals surface area contributed by atoms with E-state index < -0.39 is 33.4 Å². The molecular weight excluding hydrogens is 616 g/mol. The molecule has 6 rings (SSSR count). The Morgan fingerprint density at radius 3 is 0.816 bits per heavy atom. The van der Waals surface area contributed by atoms with E-state index in [1.165, 1.54) is 0 Å². The van der Waals surface area contributed by atoms with Gasteiger partial charge in [0.05, 0.1) is 22.3 Å². The summed E-state index contributed by atoms with van der Waals surface area (Å²) in [6.45, 7) is 0. The molecule has 4 aromatic rings. The molecule has 0 fully saturated rings. The second-order valence-corrected chi connectivity index (χ2v) is 8.05. The average Bonchev–Trinajstić information content (AvgIpc) is 2.90. The van der Waals surface area contributed by atoms with Crippen LogP contribution in [0.1, 0.15) is 41.4 Å². The van der Waals surface area contributed by atoms with Gasteiger partial charge in [0.1, 0.15) is 22.8 Å². The summed E-state index contributed by atoms with van der Waals surface area (Å²) in [6, 6.07) is 12.9. The number of hydrogen-bond donors (Lipinski definition) is 0. The van der Waals surface area contributed by atoms with Crippen molar-refractivity contribution in [3.63, 3.8) is 0 Å². The normalized spacial score (nSPS) is 12.7. The molecule has 4 aromatic heterocycles. The minimum absolute atomic E-state index is 0. The van der Waals surface area contributed by atoms with Crippen LogP contribution in [0.2, 0.25) is 0 Å². The van der Waals surface area contributed by atoms with Crippen LogP contribution in [-0.4, -0.2) is 43.1 Å². The molecule has 2 aliphatic rings. The maximum Gasteiger partial charge on any atom is 1.00 e. The van der Waals surface area contributed by atoms with Crippen molar-refractivity contribution in [1.82, 2.24) is 19.9 Å². The number of Topliss-reactive ketones (excluding diaryl/α,β-unsaturated/α-hetero) is 4. The van der Waals surface area contributed by atoms with E-state index >= 15 is 0 Å². The van der Waals surface area contributed by atoms with Gasteiger partial charge < -0.3 is 0 Å². The number of hydrogen-bond acceptors (Lipinski definition) is 12. The number of halogens is 1. The van der Waals surface area contributed by atoms with Crippen molar-refractivity contribution in [3.8, 4) is 22.8 Å². The van der Waals surface area contributed by atoms with Gasteiger partial charge in [0.15, 0.2) is 0 Å². The van der Waals surface area contributed by atoms with Crippen LogP contribution in [0.4, 0.5) is 0 Å². The van der Waals surface area contributed by atoms with Gasteiger partial charge in [-0.25, -0.2) is 18.6 Å². The average molecular weight is 628 g/mol. The number of pyridine rings is 4. The SMILES string of the molecule is O=C1C(=O)c2cccnc2-c2ncccc21.O=C1C(=O)c2cccnc2-c2ncccc21.[Ag+].[O-][Cl+3]([O-])([O-])[O-]. The van der Waals surface area contributed by atoms with E-state index in [4.69, 9.17) is 18.6 Å². The smallest absolute Gasteiger partial charge is 0.285 e. The predicted molar refractivity (Wildman–Crippen MR) is 112 cm³/mol. The fourth-order valence-electron chi connectivity index (χ4n) is 3.60. The minimum Gasteiger partial charge on any atom is -0.285 e. The van der Waals surface area contributed by atoms with Crippen LogP contribution in [0.25, 0.3) is 22.8 Å². The van der Waals surface area contributed by atoms with Crippen molar-refractivity contribution in [2.75, 3.05) is 0 Å². The molecule has 0 amide bonds. The molecule has 4 heterocycles. The topological polar surface area (TPSA) is 212 Å². The molecule has 2 aliphatic carbocycles. The van der Waals surface area contributed by atoms with E-state index in [-0.39, 0.29) is 22.4 Å². The van der Waals surface area contributed by atoms with Crippen LogP contribution in [-0.2, 0) is 22.4 Å². The predicted octanol–water partition coefficient (Wildman–Crippen LogP) is -1.71. The van der Waals surface area contributed by atoms with Crippen molar-refractivity contribution < 1.29 is 70.4 Å². The van der Waals surface area contributed by atoms with Gasteiger partial charge in [-0.3, -0.25) is 39.1 Å². The Balaban J connectivity index is 0.000000176. The van der Waals surface area contributed by atoms with Crippen molar-refractivity contribution in [2.24, 2.45) is 0 Å². The minimum atomic E-state index is -4.94. The Morgan fingerprint density at radius 2 is 0.632 bits per heavy atom. The summed E-state index contributed by atoms with van der Waals surface area (Å²) in [4.78, 5) is 63.5. The fourth-order valence-corrected chi connectivity index (χ4v) is 3.60. The maximum atomic E-state index is 11.8. The molecule has 0 radical (unpaired) electrons. The monoisotopic (exact) mass is 626 g/mol. The van der Waals surface area contributed by atoms with Gasteiger partial charge in [0, 0.05) is 24.8 Å². The summed E-state index contributed by atoms with van der Waals surface area (Å²) in [5.41, 5.74) is 3.28. The Morgan fingerprint density at radius 1 is 0.447 bits per heavy atom. The second kappa shape index (κ2) is 11.7. The molecule has 0 atom stereocenters. The summed E-state index contributed by atoms with van der Waals surface area (Å²) in [5.74, 6) is -2.04. The van der Waals surface area contributed by atoms with E-state index in [1.807, 2.05) is 0 Å². The van der Waals surface area contributed by atoms with E-state index in [2.05, 4.69) is 19.9 Å². The van der Waals surface area contributed by atoms with Gasteiger partial charge in [0.25, 0.3) is 0 Å². The first-order chi connectivity index (χ1) is 17.6. The van der Waals surface area contributed by atoms with Gasteiger partial charge in [-0.05, 0) is 48.5 Å². The molecule has 0 aromatic carbocycles. The van der Waals surface area contributed by atoms with E-state index in [9.17, 15) is 19.2 Å². The van der Waals surface area contributed by atoms with Crippen LogP contribution < -0.4 is 18.6 Å². The third kappa shape index (κ3) is 5.99. The number of rotatable bonds is 0. The number of carbonyl (C=O) groups excluding carboxylic acids is 4. The molecule has 0 bridgehead atoms. The van der Waals surface area contributed by atoms with Gasteiger partial charge in [0.2, 0.25) is 23.1 Å². The summed E-state index contributed by atoms with van der Waals surface area (Å²) in [5, 5.41) is 0. The van der Waals surface area contributed by atoms with Gasteiger partial charge in [-0.1, -0.05) is 0 Å². The Kier molecular flexibility index (Phi) is 8.83. The zero-order valence-corrected chi connectivity index (χ0v) is 20.9. The third-order valence-electron chi connectivity index (χ3n) is 5.07. The molecule has 0 spiro atoms. The van der Waals surface area contributed by atoms with Crippen LogP contribution in [0, 0.1) is 10.2 Å². The van der Waals surface area contributed by atoms with Crippen LogP contribution in [0.15, 0.2) is 73.3 Å². The second-order valence-electron chi connectivity index (χ2n) is 7.29. The summed E-state index contributed by atoms with van der Waals surface area (Å²) < 4.78 is 34.0. The molecule has 0 aliphatic heterocycles. The van der Waals surface area contributed by atoms with Crippen molar-refractivity contribution in [3.05, 3.63) is 95.6 Å². The first-order valence-electron chi connectivity index (χ1n) is 10.2. The molecular formula is C24H12AgClN4O8. The van der Waals surface area contributed by atoms with Crippen molar-refractivity contribution in [1.29, 1.82) is 0 Å². The van der Waals surface area contributed by atoms with E-state index in [0.29, 0.717) is 45.0 Å². The number of nitrogens with zero attached hydrogens (tertiary/aromatic N) is 4. The molecule has 0 N–H and O–H groups in total. The Hall–Kier alpha value is -3.85. The largest absolute Gasteiger partial charge is 1.00 e. The number of fused-ring (bicyclic) bond motifs is 6. The quantitative estimate of drug-likeness (QED) is 0.157. The maximum absolute atomic E-state index is 11.8. The summed E-state index contributed by atoms with van der Waals surface area (Å²) in [7, 11) is -4.94. The van der Waals surface area contributed by atoms with Gasteiger partial charge >= 0.3 is 22.4 Å². The molecule has 0 saturated carbocycles. The number of aromatic nitrogens is 4. The molecule has 0 unspecified atom stereocenters. The van der Waals surface area contributed by atoms with E-state index in [1.54, 1.807) is 73.3 Å². The third-order valence-corrected chi connectivity index (χ3v) is 5.07. The first kappa shape index (κ1) is 28.7. The van der Waals surface area contributed by atoms with E-state index in [0.717, 1.165) is 0 Å². The molecule has 14 heteroatoms. The van der Waals surface area contributed by atoms with Crippen molar-refractivity contribution in [2.45, 2.75) is 0 Å². The molecule has 12 nitrogen and oxygen atoms in total. The number of carbonyl (C=O) groups is 4. The van der Waals surface area contributed by atoms with Gasteiger partial charge in [-0.15, -0.1) is 10.2 Å². The van der Waals surface area contributed by atoms with Crippen molar-refractivity contribution >= 4 is 23.1 Å². The van der Waals surface area contributed by atoms with Crippen LogP contribution in [0.5, 0.6) is 0 Å². The number of ketones is 4. The molecule has 38 heavy (non-hydrogen) atoms. The first-order valence-corrected chi connectivity index (χ1v) is 11.4. The Bertz CT molecular complexity index is 1350. The summed E-state index contributed by atoms with van der Waals surface area (Å²) >= 11 is 0. The molecule has 0 saturated heterocycles. The summed E-state index contributed by atoms with van der Waals surface area (Å²) in [6.07, 6.45) is 6.33. The standard InChI is InChI=1S/2C12H6N2O2.Ag.ClHO4/c2*15-11-7-3-1-5-13-9(7)10-8(12(11)16)4-2-6-14-10;;2-1(3,4)5/h2*1-6H;;(H,2,3,4,5)/q;;+1;/p-1. The van der Waals surface area contributed by atoms with Gasteiger partial charge in [-0.2, -0.15) is 0 Å². The fraction of sp³-hybridized carbons (Fsp3) is 0. The Labute approximate surface area is 231 Å². The molecule has 194 valence electrons. The van der Waals surface area contributed by atoms with Crippen LogP contribution in [0.3, 0.4) is 0 Å². The zero-order chi connectivity index (χ0) is 26.7. The zero-order valence-electron chi connectivity index (χ0n) is 18.7.